The summed E-state index contributed by atoms with van der Waals surface area (Å²) in [6, 6.07) is 0. The highest BCUT2D eigenvalue weighted by Crippen LogP contribution is 2.43. The lowest BCUT2D eigenvalue weighted by Gasteiger charge is -2.39. The molecule has 4 atom stereocenters. The minimum absolute atomic E-state index is 0.392. The van der Waals surface area contributed by atoms with Gasteiger partial charge in [-0.25, -0.2) is 8.78 Å². The summed E-state index contributed by atoms with van der Waals surface area (Å²) in [5, 5.41) is 0.0695. The Morgan fingerprint density at radius 1 is 0.765 bits per heavy atom. The molecule has 0 saturated heterocycles. The maximum Gasteiger partial charge on any atom is 0.115 e. The maximum absolute atomic E-state index is 13.8. The minimum Gasteiger partial charge on any atom is -0.246 e. The summed E-state index contributed by atoms with van der Waals surface area (Å²) < 4.78 is 27.7. The van der Waals surface area contributed by atoms with Crippen LogP contribution in [0.3, 0.4) is 0 Å². The lowest BCUT2D eigenvalue weighted by Crippen LogP contribution is -2.38. The Balaban J connectivity index is 1.97. The molecule has 0 aromatic carbocycles. The number of rotatable bonds is 2. The van der Waals surface area contributed by atoms with Gasteiger partial charge in [0.05, 0.1) is 5.25 Å². The SMILES string of the molecule is CC1CCCC(C)C1SC1C(F)CCCC1F. The number of hydrogen-bond donors (Lipinski definition) is 0. The van der Waals surface area contributed by atoms with Crippen molar-refractivity contribution in [2.45, 2.75) is 75.2 Å². The fraction of sp³-hybridized carbons (Fsp3) is 1.00. The van der Waals surface area contributed by atoms with E-state index < -0.39 is 17.6 Å². The molecule has 2 aliphatic rings. The highest BCUT2D eigenvalue weighted by atomic mass is 32.2. The van der Waals surface area contributed by atoms with Crippen molar-refractivity contribution in [1.82, 2.24) is 0 Å². The summed E-state index contributed by atoms with van der Waals surface area (Å²) in [6.07, 6.45) is 3.72. The molecule has 4 unspecified atom stereocenters. The van der Waals surface area contributed by atoms with Crippen LogP contribution >= 0.6 is 11.8 Å². The molecule has 0 bridgehead atoms. The van der Waals surface area contributed by atoms with Gasteiger partial charge in [-0.15, -0.1) is 11.8 Å². The van der Waals surface area contributed by atoms with E-state index in [1.807, 2.05) is 0 Å². The van der Waals surface area contributed by atoms with Crippen LogP contribution in [0.1, 0.15) is 52.4 Å². The van der Waals surface area contributed by atoms with Crippen LogP contribution in [0.15, 0.2) is 0 Å². The van der Waals surface area contributed by atoms with Crippen LogP contribution in [0.4, 0.5) is 8.78 Å². The Morgan fingerprint density at radius 3 is 1.76 bits per heavy atom. The summed E-state index contributed by atoms with van der Waals surface area (Å²) in [5.74, 6) is 1.23. The molecule has 0 amide bonds. The van der Waals surface area contributed by atoms with E-state index in [4.69, 9.17) is 0 Å². The molecule has 2 fully saturated rings. The van der Waals surface area contributed by atoms with E-state index in [0.717, 1.165) is 6.42 Å². The summed E-state index contributed by atoms with van der Waals surface area (Å²) in [6.45, 7) is 4.49. The molecular weight excluding hydrogens is 238 g/mol. The van der Waals surface area contributed by atoms with Crippen molar-refractivity contribution in [1.29, 1.82) is 0 Å². The topological polar surface area (TPSA) is 0 Å². The second kappa shape index (κ2) is 5.90. The van der Waals surface area contributed by atoms with Gasteiger partial charge >= 0.3 is 0 Å². The molecule has 100 valence electrons. The van der Waals surface area contributed by atoms with E-state index in [9.17, 15) is 8.78 Å². The van der Waals surface area contributed by atoms with Crippen molar-refractivity contribution in [3.63, 3.8) is 0 Å². The van der Waals surface area contributed by atoms with Gasteiger partial charge in [-0.05, 0) is 43.9 Å². The second-order valence-corrected chi connectivity index (χ2v) is 7.27. The fourth-order valence-electron chi connectivity index (χ4n) is 3.33. The highest BCUT2D eigenvalue weighted by molar-refractivity contribution is 8.00. The van der Waals surface area contributed by atoms with Crippen LogP contribution in [0, 0.1) is 11.8 Å². The molecule has 2 aliphatic carbocycles. The van der Waals surface area contributed by atoms with Crippen LogP contribution in [0.2, 0.25) is 0 Å². The first-order valence-electron chi connectivity index (χ1n) is 7.03. The van der Waals surface area contributed by atoms with E-state index in [0.29, 0.717) is 29.9 Å². The Kier molecular flexibility index (Phi) is 4.73. The normalized spacial score (nSPS) is 48.0. The van der Waals surface area contributed by atoms with Crippen LogP contribution in [0.25, 0.3) is 0 Å². The van der Waals surface area contributed by atoms with Gasteiger partial charge in [-0.1, -0.05) is 20.3 Å². The minimum atomic E-state index is -0.926. The molecule has 2 saturated carbocycles. The van der Waals surface area contributed by atoms with Crippen molar-refractivity contribution in [2.75, 3.05) is 0 Å². The van der Waals surface area contributed by atoms with Crippen molar-refractivity contribution in [3.8, 4) is 0 Å². The van der Waals surface area contributed by atoms with E-state index in [-0.39, 0.29) is 0 Å². The molecule has 0 radical (unpaired) electrons. The lowest BCUT2D eigenvalue weighted by molar-refractivity contribution is 0.166. The average Bonchev–Trinajstić information content (AvgIpc) is 2.27. The van der Waals surface area contributed by atoms with Gasteiger partial charge < -0.3 is 0 Å². The zero-order valence-electron chi connectivity index (χ0n) is 10.9. The maximum atomic E-state index is 13.8. The zero-order valence-corrected chi connectivity index (χ0v) is 11.7. The van der Waals surface area contributed by atoms with Gasteiger partial charge in [0, 0.05) is 5.25 Å². The number of hydrogen-bond acceptors (Lipinski definition) is 1. The fourth-order valence-corrected chi connectivity index (χ4v) is 5.12. The Hall–Kier alpha value is 0.210. The molecular formula is C14H24F2S. The quantitative estimate of drug-likeness (QED) is 0.690. The van der Waals surface area contributed by atoms with E-state index in [1.54, 1.807) is 11.8 Å². The van der Waals surface area contributed by atoms with E-state index >= 15 is 0 Å². The van der Waals surface area contributed by atoms with Gasteiger partial charge in [0.15, 0.2) is 0 Å². The molecule has 2 rings (SSSR count). The Morgan fingerprint density at radius 2 is 1.24 bits per heavy atom. The van der Waals surface area contributed by atoms with E-state index in [1.165, 1.54) is 19.3 Å². The second-order valence-electron chi connectivity index (χ2n) is 5.91. The molecule has 0 N–H and O–H groups in total. The number of halogens is 2. The average molecular weight is 262 g/mol. The zero-order chi connectivity index (χ0) is 12.4. The molecule has 17 heavy (non-hydrogen) atoms. The third-order valence-electron chi connectivity index (χ3n) is 4.43. The smallest absolute Gasteiger partial charge is 0.115 e. The van der Waals surface area contributed by atoms with Gasteiger partial charge in [-0.3, -0.25) is 0 Å². The molecule has 0 aliphatic heterocycles. The van der Waals surface area contributed by atoms with Crippen molar-refractivity contribution < 1.29 is 8.78 Å². The predicted octanol–water partition coefficient (Wildman–Crippen LogP) is 4.77. The highest BCUT2D eigenvalue weighted by Gasteiger charge is 2.39. The third kappa shape index (κ3) is 3.15. The summed E-state index contributed by atoms with van der Waals surface area (Å²) in [7, 11) is 0. The molecule has 0 nitrogen and oxygen atoms in total. The summed E-state index contributed by atoms with van der Waals surface area (Å²) in [4.78, 5) is 0. The number of thioether (sulfide) groups is 1. The third-order valence-corrected chi connectivity index (χ3v) is 6.58. The van der Waals surface area contributed by atoms with Crippen LogP contribution in [-0.4, -0.2) is 22.8 Å². The molecule has 0 spiro atoms. The van der Waals surface area contributed by atoms with Crippen molar-refractivity contribution in [2.24, 2.45) is 11.8 Å². The summed E-state index contributed by atoms with van der Waals surface area (Å²) >= 11 is 1.62. The monoisotopic (exact) mass is 262 g/mol. The first-order valence-corrected chi connectivity index (χ1v) is 7.97. The molecule has 0 aromatic heterocycles. The van der Waals surface area contributed by atoms with Gasteiger partial charge in [0.1, 0.15) is 12.3 Å². The van der Waals surface area contributed by atoms with Gasteiger partial charge in [0.25, 0.3) is 0 Å². The van der Waals surface area contributed by atoms with Crippen LogP contribution in [0.5, 0.6) is 0 Å². The molecule has 0 aromatic rings. The van der Waals surface area contributed by atoms with Gasteiger partial charge in [-0.2, -0.15) is 0 Å². The Labute approximate surface area is 108 Å². The Bertz CT molecular complexity index is 202. The molecule has 0 heterocycles. The largest absolute Gasteiger partial charge is 0.246 e. The lowest BCUT2D eigenvalue weighted by atomic mass is 9.83. The van der Waals surface area contributed by atoms with E-state index in [2.05, 4.69) is 13.8 Å². The van der Waals surface area contributed by atoms with Crippen LogP contribution in [-0.2, 0) is 0 Å². The summed E-state index contributed by atoms with van der Waals surface area (Å²) in [5.41, 5.74) is 0. The van der Waals surface area contributed by atoms with Crippen molar-refractivity contribution in [3.05, 3.63) is 0 Å². The number of alkyl halides is 2. The van der Waals surface area contributed by atoms with Crippen molar-refractivity contribution >= 4 is 11.8 Å². The van der Waals surface area contributed by atoms with Gasteiger partial charge in [0.2, 0.25) is 0 Å². The first-order chi connectivity index (χ1) is 8.09. The standard InChI is InChI=1S/C14H24F2S/c1-9-5-3-6-10(2)13(9)17-14-11(15)7-4-8-12(14)16/h9-14H,3-8H2,1-2H3. The predicted molar refractivity (Wildman–Crippen MR) is 71.0 cm³/mol. The first kappa shape index (κ1) is 13.6. The van der Waals surface area contributed by atoms with Crippen LogP contribution < -0.4 is 0 Å². The molecule has 3 heteroatoms.